The highest BCUT2D eigenvalue weighted by Gasteiger charge is 2.18. The number of aryl methyl sites for hydroxylation is 2. The van der Waals surface area contributed by atoms with Crippen molar-refractivity contribution < 1.29 is 9.53 Å². The largest absolute Gasteiger partial charge is 0.480 e. The van der Waals surface area contributed by atoms with E-state index >= 15 is 0 Å². The Bertz CT molecular complexity index is 655. The lowest BCUT2D eigenvalue weighted by Gasteiger charge is -2.18. The van der Waals surface area contributed by atoms with Gasteiger partial charge in [-0.05, 0) is 44.0 Å². The van der Waals surface area contributed by atoms with Gasteiger partial charge < -0.3 is 10.1 Å². The van der Waals surface area contributed by atoms with E-state index in [4.69, 9.17) is 4.74 Å². The molecule has 24 heavy (non-hydrogen) atoms. The molecule has 0 aliphatic heterocycles. The van der Waals surface area contributed by atoms with E-state index < -0.39 is 6.10 Å². The van der Waals surface area contributed by atoms with Gasteiger partial charge in [0.2, 0.25) is 0 Å². The average molecular weight is 343 g/mol. The fourth-order valence-electron chi connectivity index (χ4n) is 2.26. The Morgan fingerprint density at radius 2 is 1.83 bits per heavy atom. The molecule has 0 radical (unpaired) electrons. The van der Waals surface area contributed by atoms with Gasteiger partial charge in [0.1, 0.15) is 5.75 Å². The summed E-state index contributed by atoms with van der Waals surface area (Å²) >= 11 is 1.74. The summed E-state index contributed by atoms with van der Waals surface area (Å²) in [5, 5.41) is 2.97. The number of para-hydroxylation sites is 1. The molecule has 2 aromatic carbocycles. The molecule has 1 N–H and O–H groups in total. The maximum Gasteiger partial charge on any atom is 0.261 e. The summed E-state index contributed by atoms with van der Waals surface area (Å²) in [4.78, 5) is 13.5. The number of hydrogen-bond acceptors (Lipinski definition) is 3. The lowest BCUT2D eigenvalue weighted by Crippen LogP contribution is -2.39. The third-order valence-corrected chi connectivity index (χ3v) is 4.73. The quantitative estimate of drug-likeness (QED) is 0.571. The van der Waals surface area contributed by atoms with Crippen LogP contribution >= 0.6 is 11.8 Å². The Morgan fingerprint density at radius 1 is 1.12 bits per heavy atom. The van der Waals surface area contributed by atoms with Crippen molar-refractivity contribution in [3.8, 4) is 5.75 Å². The second-order valence-corrected chi connectivity index (χ2v) is 6.90. The van der Waals surface area contributed by atoms with Crippen LogP contribution in [-0.2, 0) is 4.79 Å². The normalized spacial score (nSPS) is 11.8. The average Bonchev–Trinajstić information content (AvgIpc) is 2.59. The molecule has 0 bridgehead atoms. The Hall–Kier alpha value is -1.94. The number of hydrogen-bond donors (Lipinski definition) is 1. The van der Waals surface area contributed by atoms with Crippen LogP contribution in [0, 0.1) is 13.8 Å². The summed E-state index contributed by atoms with van der Waals surface area (Å²) in [7, 11) is 0. The first-order valence-corrected chi connectivity index (χ1v) is 9.28. The third kappa shape index (κ3) is 5.60. The number of ether oxygens (including phenoxy) is 1. The Labute approximate surface area is 148 Å². The van der Waals surface area contributed by atoms with E-state index in [2.05, 4.69) is 36.5 Å². The number of carbonyl (C=O) groups excluding carboxylic acids is 1. The summed E-state index contributed by atoms with van der Waals surface area (Å²) < 4.78 is 5.87. The van der Waals surface area contributed by atoms with Crippen molar-refractivity contribution >= 4 is 17.7 Å². The molecule has 128 valence electrons. The zero-order valence-corrected chi connectivity index (χ0v) is 15.4. The highest BCUT2D eigenvalue weighted by molar-refractivity contribution is 7.99. The second-order valence-electron chi connectivity index (χ2n) is 5.73. The maximum atomic E-state index is 12.3. The van der Waals surface area contributed by atoms with Gasteiger partial charge >= 0.3 is 0 Å². The molecule has 1 amide bonds. The van der Waals surface area contributed by atoms with Gasteiger partial charge in [0.15, 0.2) is 6.10 Å². The van der Waals surface area contributed by atoms with Gasteiger partial charge in [-0.1, -0.05) is 42.8 Å². The number of benzene rings is 2. The van der Waals surface area contributed by atoms with Gasteiger partial charge in [-0.15, -0.1) is 11.8 Å². The minimum Gasteiger partial charge on any atom is -0.480 e. The van der Waals surface area contributed by atoms with E-state index in [1.807, 2.05) is 38.1 Å². The summed E-state index contributed by atoms with van der Waals surface area (Å²) in [5.74, 6) is 1.56. The van der Waals surface area contributed by atoms with Gasteiger partial charge in [0.25, 0.3) is 5.91 Å². The lowest BCUT2D eigenvalue weighted by molar-refractivity contribution is -0.128. The van der Waals surface area contributed by atoms with Crippen LogP contribution in [0.4, 0.5) is 0 Å². The molecule has 0 aliphatic rings. The predicted octanol–water partition coefficient (Wildman–Crippen LogP) is 4.37. The maximum absolute atomic E-state index is 12.3. The van der Waals surface area contributed by atoms with Crippen LogP contribution in [-0.4, -0.2) is 24.3 Å². The molecule has 3 nitrogen and oxygen atoms in total. The third-order valence-electron chi connectivity index (χ3n) is 3.72. The van der Waals surface area contributed by atoms with Crippen molar-refractivity contribution in [1.82, 2.24) is 5.32 Å². The van der Waals surface area contributed by atoms with E-state index in [1.165, 1.54) is 10.5 Å². The van der Waals surface area contributed by atoms with Crippen molar-refractivity contribution in [1.29, 1.82) is 0 Å². The molecule has 1 atom stereocenters. The van der Waals surface area contributed by atoms with Crippen LogP contribution < -0.4 is 10.1 Å². The predicted molar refractivity (Wildman–Crippen MR) is 101 cm³/mol. The minimum atomic E-state index is -0.449. The number of rotatable bonds is 8. The fraction of sp³-hybridized carbons (Fsp3) is 0.350. The van der Waals surface area contributed by atoms with Crippen molar-refractivity contribution in [2.24, 2.45) is 0 Å². The summed E-state index contributed by atoms with van der Waals surface area (Å²) in [6, 6.07) is 16.2. The topological polar surface area (TPSA) is 38.3 Å². The van der Waals surface area contributed by atoms with Gasteiger partial charge in [0, 0.05) is 17.2 Å². The van der Waals surface area contributed by atoms with Crippen LogP contribution in [0.15, 0.2) is 53.4 Å². The fourth-order valence-corrected chi connectivity index (χ4v) is 3.02. The minimum absolute atomic E-state index is 0.0507. The number of thioether (sulfide) groups is 1. The van der Waals surface area contributed by atoms with Crippen LogP contribution in [0.1, 0.15) is 24.5 Å². The van der Waals surface area contributed by atoms with Crippen molar-refractivity contribution in [2.75, 3.05) is 12.3 Å². The standard InChI is InChI=1S/C20H25NO2S/c1-4-18(23-19-8-6-5-7-16(19)3)20(22)21-13-14-24-17-11-9-15(2)10-12-17/h5-12,18H,4,13-14H2,1-3H3,(H,21,22)/t18-/m1/s1. The van der Waals surface area contributed by atoms with Crippen LogP contribution in [0.5, 0.6) is 5.75 Å². The van der Waals surface area contributed by atoms with Crippen LogP contribution in [0.25, 0.3) is 0 Å². The van der Waals surface area contributed by atoms with E-state index in [0.29, 0.717) is 13.0 Å². The highest BCUT2D eigenvalue weighted by Crippen LogP contribution is 2.19. The zero-order valence-electron chi connectivity index (χ0n) is 14.5. The van der Waals surface area contributed by atoms with Crippen molar-refractivity contribution in [3.63, 3.8) is 0 Å². The lowest BCUT2D eigenvalue weighted by atomic mass is 10.2. The van der Waals surface area contributed by atoms with E-state index in [9.17, 15) is 4.79 Å². The molecular formula is C20H25NO2S. The molecule has 0 spiro atoms. The van der Waals surface area contributed by atoms with E-state index in [0.717, 1.165) is 17.1 Å². The molecule has 2 rings (SSSR count). The Morgan fingerprint density at radius 3 is 2.50 bits per heavy atom. The number of carbonyl (C=O) groups is 1. The molecule has 0 fully saturated rings. The Kier molecular flexibility index (Phi) is 7.19. The molecule has 0 saturated heterocycles. The number of amides is 1. The van der Waals surface area contributed by atoms with Crippen LogP contribution in [0.2, 0.25) is 0 Å². The summed E-state index contributed by atoms with van der Waals surface area (Å²) in [6.07, 6.45) is 0.195. The molecule has 2 aromatic rings. The number of nitrogens with one attached hydrogen (secondary N) is 1. The monoisotopic (exact) mass is 343 g/mol. The smallest absolute Gasteiger partial charge is 0.261 e. The summed E-state index contributed by atoms with van der Waals surface area (Å²) in [5.41, 5.74) is 2.30. The highest BCUT2D eigenvalue weighted by atomic mass is 32.2. The molecule has 0 unspecified atom stereocenters. The molecule has 4 heteroatoms. The first kappa shape index (κ1) is 18.4. The van der Waals surface area contributed by atoms with E-state index in [1.54, 1.807) is 11.8 Å². The van der Waals surface area contributed by atoms with E-state index in [-0.39, 0.29) is 5.91 Å². The van der Waals surface area contributed by atoms with Crippen LogP contribution in [0.3, 0.4) is 0 Å². The zero-order chi connectivity index (χ0) is 17.4. The molecular weight excluding hydrogens is 318 g/mol. The second kappa shape index (κ2) is 9.38. The first-order valence-electron chi connectivity index (χ1n) is 8.29. The van der Waals surface area contributed by atoms with Gasteiger partial charge in [-0.25, -0.2) is 0 Å². The molecule has 0 aromatic heterocycles. The van der Waals surface area contributed by atoms with Gasteiger partial charge in [0.05, 0.1) is 0 Å². The summed E-state index contributed by atoms with van der Waals surface area (Å²) in [6.45, 7) is 6.65. The molecule has 0 saturated carbocycles. The van der Waals surface area contributed by atoms with Gasteiger partial charge in [-0.3, -0.25) is 4.79 Å². The first-order chi connectivity index (χ1) is 11.6. The molecule has 0 heterocycles. The van der Waals surface area contributed by atoms with Crippen molar-refractivity contribution in [2.45, 2.75) is 38.2 Å². The molecule has 0 aliphatic carbocycles. The van der Waals surface area contributed by atoms with Crippen molar-refractivity contribution in [3.05, 3.63) is 59.7 Å². The SMILES string of the molecule is CC[C@@H](Oc1ccccc1C)C(=O)NCCSc1ccc(C)cc1. The van der Waals surface area contributed by atoms with Gasteiger partial charge in [-0.2, -0.15) is 0 Å². The Balaban J connectivity index is 1.77.